The third kappa shape index (κ3) is 5.04. The van der Waals surface area contributed by atoms with Gasteiger partial charge in [0.2, 0.25) is 5.13 Å². The van der Waals surface area contributed by atoms with Crippen molar-refractivity contribution >= 4 is 22.4 Å². The van der Waals surface area contributed by atoms with Crippen LogP contribution in [-0.2, 0) is 11.2 Å². The number of nitrogens with one attached hydrogen (secondary N) is 1. The van der Waals surface area contributed by atoms with E-state index in [1.54, 1.807) is 31.2 Å². The minimum absolute atomic E-state index is 0.285. The van der Waals surface area contributed by atoms with Crippen molar-refractivity contribution in [3.63, 3.8) is 0 Å². The maximum atomic E-state index is 12.1. The first-order valence-electron chi connectivity index (χ1n) is 7.42. The lowest BCUT2D eigenvalue weighted by molar-refractivity contribution is -0.122. The number of unbranched alkanes of at least 4 members (excludes halogenated alkanes) is 1. The van der Waals surface area contributed by atoms with Gasteiger partial charge in [0.1, 0.15) is 10.8 Å². The number of nitrogens with zero attached hydrogens (tertiary/aromatic N) is 3. The Labute approximate surface area is 139 Å². The first-order chi connectivity index (χ1) is 11.1. The van der Waals surface area contributed by atoms with Gasteiger partial charge in [-0.25, -0.2) is 0 Å². The van der Waals surface area contributed by atoms with Crippen LogP contribution in [0.5, 0.6) is 5.75 Å². The molecule has 0 aliphatic carbocycles. The molecule has 0 bridgehead atoms. The van der Waals surface area contributed by atoms with Crippen molar-refractivity contribution in [3.05, 3.63) is 34.8 Å². The lowest BCUT2D eigenvalue weighted by Gasteiger charge is -2.13. The fourth-order valence-electron chi connectivity index (χ4n) is 1.81. The molecule has 1 unspecified atom stereocenters. The quantitative estimate of drug-likeness (QED) is 0.842. The molecule has 0 aliphatic heterocycles. The van der Waals surface area contributed by atoms with Crippen LogP contribution in [0.25, 0.3) is 0 Å². The summed E-state index contributed by atoms with van der Waals surface area (Å²) in [6.07, 6.45) is 2.35. The summed E-state index contributed by atoms with van der Waals surface area (Å²) in [4.78, 5) is 12.1. The molecule has 120 valence electrons. The smallest absolute Gasteiger partial charge is 0.266 e. The van der Waals surface area contributed by atoms with Crippen molar-refractivity contribution in [3.8, 4) is 11.8 Å². The number of benzene rings is 1. The molecule has 0 saturated heterocycles. The van der Waals surface area contributed by atoms with E-state index < -0.39 is 6.10 Å². The van der Waals surface area contributed by atoms with Crippen LogP contribution in [0.3, 0.4) is 0 Å². The number of carbonyl (C=O) groups excluding carboxylic acids is 1. The van der Waals surface area contributed by atoms with Gasteiger partial charge in [-0.3, -0.25) is 10.1 Å². The summed E-state index contributed by atoms with van der Waals surface area (Å²) in [5.41, 5.74) is 0.544. The van der Waals surface area contributed by atoms with Crippen molar-refractivity contribution in [1.29, 1.82) is 5.26 Å². The monoisotopic (exact) mass is 330 g/mol. The molecule has 0 fully saturated rings. The second kappa shape index (κ2) is 8.25. The highest BCUT2D eigenvalue weighted by molar-refractivity contribution is 7.15. The lowest BCUT2D eigenvalue weighted by Crippen LogP contribution is -2.30. The standard InChI is InChI=1S/C16H18N4O2S/c1-3-4-5-14-19-20-16(23-14)18-15(21)11(2)22-13-8-6-12(10-17)7-9-13/h6-9,11H,3-5H2,1-2H3,(H,18,20,21). The van der Waals surface area contributed by atoms with E-state index in [1.807, 2.05) is 6.07 Å². The third-order valence-corrected chi connectivity index (χ3v) is 4.01. The maximum Gasteiger partial charge on any atom is 0.266 e. The van der Waals surface area contributed by atoms with E-state index in [9.17, 15) is 4.79 Å². The summed E-state index contributed by atoms with van der Waals surface area (Å²) in [7, 11) is 0. The Bertz CT molecular complexity index is 691. The zero-order chi connectivity index (χ0) is 16.7. The third-order valence-electron chi connectivity index (χ3n) is 3.11. The topological polar surface area (TPSA) is 87.9 Å². The highest BCUT2D eigenvalue weighted by Gasteiger charge is 2.17. The van der Waals surface area contributed by atoms with Gasteiger partial charge in [-0.15, -0.1) is 10.2 Å². The van der Waals surface area contributed by atoms with Crippen molar-refractivity contribution in [1.82, 2.24) is 10.2 Å². The molecule has 1 aromatic carbocycles. The largest absolute Gasteiger partial charge is 0.481 e. The molecule has 23 heavy (non-hydrogen) atoms. The van der Waals surface area contributed by atoms with Crippen molar-refractivity contribution in [2.75, 3.05) is 5.32 Å². The van der Waals surface area contributed by atoms with Crippen molar-refractivity contribution in [2.45, 2.75) is 39.2 Å². The first-order valence-corrected chi connectivity index (χ1v) is 8.24. The Kier molecular flexibility index (Phi) is 6.06. The molecular formula is C16H18N4O2S. The summed E-state index contributed by atoms with van der Waals surface area (Å²) in [6, 6.07) is 8.64. The minimum Gasteiger partial charge on any atom is -0.481 e. The van der Waals surface area contributed by atoms with E-state index in [4.69, 9.17) is 10.00 Å². The number of ether oxygens (including phenoxy) is 1. The number of amides is 1. The van der Waals surface area contributed by atoms with Crippen LogP contribution in [0, 0.1) is 11.3 Å². The van der Waals surface area contributed by atoms with Gasteiger partial charge in [-0.05, 0) is 37.6 Å². The summed E-state index contributed by atoms with van der Waals surface area (Å²) >= 11 is 1.38. The van der Waals surface area contributed by atoms with Gasteiger partial charge in [0.25, 0.3) is 5.91 Å². The van der Waals surface area contributed by atoms with Crippen LogP contribution in [0.1, 0.15) is 37.3 Å². The van der Waals surface area contributed by atoms with Gasteiger partial charge in [0.05, 0.1) is 11.6 Å². The normalized spacial score (nSPS) is 11.5. The molecule has 6 nitrogen and oxygen atoms in total. The van der Waals surface area contributed by atoms with E-state index >= 15 is 0 Å². The number of nitriles is 1. The van der Waals surface area contributed by atoms with Gasteiger partial charge in [0.15, 0.2) is 6.10 Å². The van der Waals surface area contributed by atoms with Gasteiger partial charge in [0, 0.05) is 6.42 Å². The molecule has 0 radical (unpaired) electrons. The van der Waals surface area contributed by atoms with Crippen molar-refractivity contribution < 1.29 is 9.53 Å². The van der Waals surface area contributed by atoms with E-state index in [0.29, 0.717) is 16.4 Å². The molecule has 2 aromatic rings. The number of aryl methyl sites for hydroxylation is 1. The van der Waals surface area contributed by atoms with Gasteiger partial charge >= 0.3 is 0 Å². The number of rotatable bonds is 7. The Morgan fingerprint density at radius 3 is 2.78 bits per heavy atom. The van der Waals surface area contributed by atoms with Gasteiger partial charge in [-0.2, -0.15) is 5.26 Å². The number of hydrogen-bond acceptors (Lipinski definition) is 6. The Morgan fingerprint density at radius 1 is 1.39 bits per heavy atom. The number of anilines is 1. The fraction of sp³-hybridized carbons (Fsp3) is 0.375. The molecular weight excluding hydrogens is 312 g/mol. The average Bonchev–Trinajstić information content (AvgIpc) is 3.01. The lowest BCUT2D eigenvalue weighted by atomic mass is 10.2. The Morgan fingerprint density at radius 2 is 2.13 bits per heavy atom. The predicted octanol–water partition coefficient (Wildman–Crippen LogP) is 3.16. The van der Waals surface area contributed by atoms with Crippen LogP contribution in [-0.4, -0.2) is 22.2 Å². The van der Waals surface area contributed by atoms with Gasteiger partial charge in [-0.1, -0.05) is 24.7 Å². The molecule has 1 heterocycles. The maximum absolute atomic E-state index is 12.1. The second-order valence-corrected chi connectivity index (χ2v) is 6.05. The molecule has 1 amide bonds. The average molecular weight is 330 g/mol. The van der Waals surface area contributed by atoms with Crippen LogP contribution >= 0.6 is 11.3 Å². The number of aromatic nitrogens is 2. The summed E-state index contributed by atoms with van der Waals surface area (Å²) in [6.45, 7) is 3.78. The first kappa shape index (κ1) is 16.9. The van der Waals surface area contributed by atoms with Crippen LogP contribution in [0.2, 0.25) is 0 Å². The molecule has 1 N–H and O–H groups in total. The highest BCUT2D eigenvalue weighted by atomic mass is 32.1. The highest BCUT2D eigenvalue weighted by Crippen LogP contribution is 2.18. The van der Waals surface area contributed by atoms with Crippen LogP contribution < -0.4 is 10.1 Å². The van der Waals surface area contributed by atoms with E-state index in [1.165, 1.54) is 11.3 Å². The van der Waals surface area contributed by atoms with E-state index in [-0.39, 0.29) is 5.91 Å². The zero-order valence-electron chi connectivity index (χ0n) is 13.1. The van der Waals surface area contributed by atoms with Crippen molar-refractivity contribution in [2.24, 2.45) is 0 Å². The minimum atomic E-state index is -0.675. The summed E-state index contributed by atoms with van der Waals surface area (Å²) in [5, 5.41) is 20.9. The predicted molar refractivity (Wildman–Crippen MR) is 88.4 cm³/mol. The molecule has 0 aliphatic rings. The molecule has 7 heteroatoms. The SMILES string of the molecule is CCCCc1nnc(NC(=O)C(C)Oc2ccc(C#N)cc2)s1. The van der Waals surface area contributed by atoms with Crippen LogP contribution in [0.4, 0.5) is 5.13 Å². The Balaban J connectivity index is 1.89. The molecule has 0 spiro atoms. The van der Waals surface area contributed by atoms with Gasteiger partial charge < -0.3 is 4.74 Å². The fourth-order valence-corrected chi connectivity index (χ4v) is 2.59. The van der Waals surface area contributed by atoms with Crippen LogP contribution in [0.15, 0.2) is 24.3 Å². The Hall–Kier alpha value is -2.46. The number of carbonyl (C=O) groups is 1. The van der Waals surface area contributed by atoms with E-state index in [0.717, 1.165) is 24.3 Å². The summed E-state index contributed by atoms with van der Waals surface area (Å²) in [5.74, 6) is 0.250. The van der Waals surface area contributed by atoms with E-state index in [2.05, 4.69) is 22.4 Å². The zero-order valence-corrected chi connectivity index (χ0v) is 13.9. The summed E-state index contributed by atoms with van der Waals surface area (Å²) < 4.78 is 5.55. The number of hydrogen-bond donors (Lipinski definition) is 1. The second-order valence-electron chi connectivity index (χ2n) is 4.99. The molecule has 2 rings (SSSR count). The molecule has 0 saturated carbocycles. The molecule has 1 atom stereocenters. The molecule has 1 aromatic heterocycles.